The van der Waals surface area contributed by atoms with Gasteiger partial charge in [0.2, 0.25) is 0 Å². The van der Waals surface area contributed by atoms with Crippen molar-refractivity contribution in [3.05, 3.63) is 40.4 Å². The van der Waals surface area contributed by atoms with Gasteiger partial charge in [0.1, 0.15) is 5.01 Å². The molecule has 1 N–H and O–H groups in total. The SMILES string of the molecule is COC(=O)N/N=C\c1csc(-c2ccc(Cl)cc2)n1. The highest BCUT2D eigenvalue weighted by atomic mass is 35.5. The molecule has 0 bridgehead atoms. The Morgan fingerprint density at radius 1 is 1.47 bits per heavy atom. The van der Waals surface area contributed by atoms with Crippen molar-refractivity contribution in [2.24, 2.45) is 5.10 Å². The second kappa shape index (κ2) is 6.31. The van der Waals surface area contributed by atoms with Crippen molar-refractivity contribution in [1.29, 1.82) is 0 Å². The molecule has 0 unspecified atom stereocenters. The molecule has 0 atom stereocenters. The number of nitrogens with zero attached hydrogens (tertiary/aromatic N) is 2. The quantitative estimate of drug-likeness (QED) is 0.699. The maximum Gasteiger partial charge on any atom is 0.427 e. The number of nitrogens with one attached hydrogen (secondary N) is 1. The van der Waals surface area contributed by atoms with E-state index in [0.29, 0.717) is 10.7 Å². The predicted molar refractivity (Wildman–Crippen MR) is 75.7 cm³/mol. The Balaban J connectivity index is 2.06. The molecule has 2 aromatic rings. The first-order valence-electron chi connectivity index (χ1n) is 5.27. The van der Waals surface area contributed by atoms with Crippen LogP contribution in [0.15, 0.2) is 34.7 Å². The Morgan fingerprint density at radius 3 is 2.89 bits per heavy atom. The highest BCUT2D eigenvalue weighted by Gasteiger charge is 2.03. The van der Waals surface area contributed by atoms with Crippen LogP contribution in [0.3, 0.4) is 0 Å². The Labute approximate surface area is 118 Å². The van der Waals surface area contributed by atoms with E-state index in [9.17, 15) is 4.79 Å². The lowest BCUT2D eigenvalue weighted by molar-refractivity contribution is 0.171. The van der Waals surface area contributed by atoms with Crippen LogP contribution in [0.2, 0.25) is 5.02 Å². The van der Waals surface area contributed by atoms with Gasteiger partial charge in [-0.15, -0.1) is 11.3 Å². The number of hydrogen-bond donors (Lipinski definition) is 1. The van der Waals surface area contributed by atoms with E-state index < -0.39 is 6.09 Å². The van der Waals surface area contributed by atoms with Crippen LogP contribution in [0.1, 0.15) is 5.69 Å². The summed E-state index contributed by atoms with van der Waals surface area (Å²) in [5.41, 5.74) is 3.83. The zero-order valence-corrected chi connectivity index (χ0v) is 11.5. The van der Waals surface area contributed by atoms with Crippen molar-refractivity contribution in [2.75, 3.05) is 7.11 Å². The van der Waals surface area contributed by atoms with Crippen molar-refractivity contribution in [3.63, 3.8) is 0 Å². The molecule has 98 valence electrons. The average molecular weight is 296 g/mol. The summed E-state index contributed by atoms with van der Waals surface area (Å²) < 4.78 is 4.38. The summed E-state index contributed by atoms with van der Waals surface area (Å²) in [6.07, 6.45) is 0.830. The van der Waals surface area contributed by atoms with Gasteiger partial charge in [0, 0.05) is 16.0 Å². The summed E-state index contributed by atoms with van der Waals surface area (Å²) in [5, 5.41) is 7.09. The third kappa shape index (κ3) is 3.77. The molecule has 0 aliphatic heterocycles. The second-order valence-electron chi connectivity index (χ2n) is 3.45. The minimum Gasteiger partial charge on any atom is -0.452 e. The Bertz CT molecular complexity index is 595. The molecular formula is C12H10ClN3O2S. The number of hydrazone groups is 1. The summed E-state index contributed by atoms with van der Waals surface area (Å²) in [6.45, 7) is 0. The van der Waals surface area contributed by atoms with E-state index in [-0.39, 0.29) is 0 Å². The maximum atomic E-state index is 10.8. The van der Waals surface area contributed by atoms with Gasteiger partial charge in [-0.05, 0) is 12.1 Å². The van der Waals surface area contributed by atoms with Crippen molar-refractivity contribution in [3.8, 4) is 10.6 Å². The molecule has 1 heterocycles. The van der Waals surface area contributed by atoms with Gasteiger partial charge in [0.05, 0.1) is 19.0 Å². The molecule has 1 aromatic heterocycles. The van der Waals surface area contributed by atoms with Crippen molar-refractivity contribution in [1.82, 2.24) is 10.4 Å². The molecule has 0 aliphatic rings. The fraction of sp³-hybridized carbons (Fsp3) is 0.0833. The van der Waals surface area contributed by atoms with Crippen LogP contribution < -0.4 is 5.43 Å². The molecule has 0 aliphatic carbocycles. The maximum absolute atomic E-state index is 10.8. The highest BCUT2D eigenvalue weighted by molar-refractivity contribution is 7.13. The van der Waals surface area contributed by atoms with E-state index >= 15 is 0 Å². The largest absolute Gasteiger partial charge is 0.452 e. The molecule has 2 rings (SSSR count). The van der Waals surface area contributed by atoms with Gasteiger partial charge in [-0.2, -0.15) is 5.10 Å². The number of amides is 1. The number of carbonyl (C=O) groups excluding carboxylic acids is 1. The van der Waals surface area contributed by atoms with Crippen molar-refractivity contribution >= 4 is 35.2 Å². The number of halogens is 1. The normalized spacial score (nSPS) is 10.6. The number of ether oxygens (including phenoxy) is 1. The summed E-state index contributed by atoms with van der Waals surface area (Å²) in [7, 11) is 1.27. The van der Waals surface area contributed by atoms with E-state index in [1.54, 1.807) is 0 Å². The third-order valence-electron chi connectivity index (χ3n) is 2.15. The van der Waals surface area contributed by atoms with E-state index in [2.05, 4.69) is 20.2 Å². The van der Waals surface area contributed by atoms with Crippen LogP contribution in [0, 0.1) is 0 Å². The number of hydrogen-bond acceptors (Lipinski definition) is 5. The van der Waals surface area contributed by atoms with Crippen molar-refractivity contribution < 1.29 is 9.53 Å². The summed E-state index contributed by atoms with van der Waals surface area (Å²) in [6, 6.07) is 7.42. The number of aromatic nitrogens is 1. The molecule has 19 heavy (non-hydrogen) atoms. The smallest absolute Gasteiger partial charge is 0.427 e. The number of carbonyl (C=O) groups is 1. The number of methoxy groups -OCH3 is 1. The number of benzene rings is 1. The molecule has 1 aromatic carbocycles. The van der Waals surface area contributed by atoms with Gasteiger partial charge >= 0.3 is 6.09 Å². The van der Waals surface area contributed by atoms with Crippen LogP contribution in [0.25, 0.3) is 10.6 Å². The fourth-order valence-electron chi connectivity index (χ4n) is 1.27. The van der Waals surface area contributed by atoms with Crippen LogP contribution >= 0.6 is 22.9 Å². The lowest BCUT2D eigenvalue weighted by atomic mass is 10.2. The Hall–Kier alpha value is -1.92. The van der Waals surface area contributed by atoms with Gasteiger partial charge < -0.3 is 4.74 Å². The third-order valence-corrected chi connectivity index (χ3v) is 3.31. The monoisotopic (exact) mass is 295 g/mol. The number of rotatable bonds is 3. The summed E-state index contributed by atoms with van der Waals surface area (Å²) in [5.74, 6) is 0. The van der Waals surface area contributed by atoms with Gasteiger partial charge in [0.15, 0.2) is 0 Å². The van der Waals surface area contributed by atoms with Gasteiger partial charge in [0.25, 0.3) is 0 Å². The standard InChI is InChI=1S/C12H10ClN3O2S/c1-18-12(17)16-14-6-10-7-19-11(15-10)8-2-4-9(13)5-3-8/h2-7H,1H3,(H,16,17)/b14-6-. The summed E-state index contributed by atoms with van der Waals surface area (Å²) in [4.78, 5) is 15.2. The Kier molecular flexibility index (Phi) is 4.48. The highest BCUT2D eigenvalue weighted by Crippen LogP contribution is 2.24. The zero-order chi connectivity index (χ0) is 13.7. The molecule has 7 heteroatoms. The zero-order valence-electron chi connectivity index (χ0n) is 9.96. The molecule has 5 nitrogen and oxygen atoms in total. The lowest BCUT2D eigenvalue weighted by Crippen LogP contribution is -2.16. The molecule has 0 fully saturated rings. The van der Waals surface area contributed by atoms with E-state index in [1.807, 2.05) is 29.6 Å². The van der Waals surface area contributed by atoms with Gasteiger partial charge in [-0.1, -0.05) is 23.7 Å². The van der Waals surface area contributed by atoms with Crippen LogP contribution in [-0.2, 0) is 4.74 Å². The van der Waals surface area contributed by atoms with Crippen LogP contribution in [-0.4, -0.2) is 24.4 Å². The van der Waals surface area contributed by atoms with Crippen molar-refractivity contribution in [2.45, 2.75) is 0 Å². The molecular weight excluding hydrogens is 286 g/mol. The van der Waals surface area contributed by atoms with E-state index in [4.69, 9.17) is 11.6 Å². The first-order chi connectivity index (χ1) is 9.19. The average Bonchev–Trinajstić information content (AvgIpc) is 2.88. The molecule has 1 amide bonds. The van der Waals surface area contributed by atoms with E-state index in [0.717, 1.165) is 10.6 Å². The summed E-state index contributed by atoms with van der Waals surface area (Å²) >= 11 is 7.31. The van der Waals surface area contributed by atoms with Gasteiger partial charge in [-0.25, -0.2) is 15.2 Å². The van der Waals surface area contributed by atoms with E-state index in [1.165, 1.54) is 24.7 Å². The predicted octanol–water partition coefficient (Wildman–Crippen LogP) is 3.15. The first kappa shape index (κ1) is 13.5. The minimum absolute atomic E-state index is 0.621. The van der Waals surface area contributed by atoms with Gasteiger partial charge in [-0.3, -0.25) is 0 Å². The molecule has 0 saturated heterocycles. The molecule has 0 spiro atoms. The Morgan fingerprint density at radius 2 is 2.21 bits per heavy atom. The van der Waals surface area contributed by atoms with Crippen LogP contribution in [0.5, 0.6) is 0 Å². The molecule has 0 radical (unpaired) electrons. The lowest BCUT2D eigenvalue weighted by Gasteiger charge is -1.95. The van der Waals surface area contributed by atoms with Crippen LogP contribution in [0.4, 0.5) is 4.79 Å². The second-order valence-corrected chi connectivity index (χ2v) is 4.74. The molecule has 0 saturated carbocycles. The fourth-order valence-corrected chi connectivity index (χ4v) is 2.17. The number of thiazole rings is 1. The minimum atomic E-state index is -0.621. The topological polar surface area (TPSA) is 63.6 Å². The first-order valence-corrected chi connectivity index (χ1v) is 6.53.